The lowest BCUT2D eigenvalue weighted by atomic mass is 10.1. The predicted octanol–water partition coefficient (Wildman–Crippen LogP) is 2.90. The second-order valence-corrected chi connectivity index (χ2v) is 5.45. The third-order valence-electron chi connectivity index (χ3n) is 3.92. The molecule has 4 heteroatoms. The van der Waals surface area contributed by atoms with E-state index in [2.05, 4.69) is 11.8 Å². The minimum atomic E-state index is -0.939. The van der Waals surface area contributed by atoms with Gasteiger partial charge in [0.1, 0.15) is 12.4 Å². The number of hydrogen-bond donors (Lipinski definition) is 1. The van der Waals surface area contributed by atoms with Crippen LogP contribution in [-0.4, -0.2) is 42.2 Å². The molecule has 21 heavy (non-hydrogen) atoms. The fraction of sp³-hybridized carbons (Fsp3) is 0.471. The van der Waals surface area contributed by atoms with E-state index < -0.39 is 5.97 Å². The van der Waals surface area contributed by atoms with Crippen molar-refractivity contribution in [1.82, 2.24) is 4.90 Å². The maximum absolute atomic E-state index is 10.4. The normalized spacial score (nSPS) is 19.2. The molecule has 1 aromatic rings. The van der Waals surface area contributed by atoms with Crippen LogP contribution in [0.3, 0.4) is 0 Å². The van der Waals surface area contributed by atoms with Gasteiger partial charge in [-0.1, -0.05) is 25.5 Å². The first-order valence-electron chi connectivity index (χ1n) is 7.53. The van der Waals surface area contributed by atoms with Gasteiger partial charge < -0.3 is 9.84 Å². The summed E-state index contributed by atoms with van der Waals surface area (Å²) in [7, 11) is 0. The highest BCUT2D eigenvalue weighted by atomic mass is 16.5. The second-order valence-electron chi connectivity index (χ2n) is 5.45. The van der Waals surface area contributed by atoms with E-state index in [9.17, 15) is 4.79 Å². The summed E-state index contributed by atoms with van der Waals surface area (Å²) in [5.41, 5.74) is 0.857. The smallest absolute Gasteiger partial charge is 0.328 e. The van der Waals surface area contributed by atoms with Crippen molar-refractivity contribution < 1.29 is 14.6 Å². The minimum Gasteiger partial charge on any atom is -0.492 e. The summed E-state index contributed by atoms with van der Waals surface area (Å²) >= 11 is 0. The summed E-state index contributed by atoms with van der Waals surface area (Å²) in [6.45, 7) is 6.29. The molecule has 1 unspecified atom stereocenters. The van der Waals surface area contributed by atoms with E-state index in [1.807, 2.05) is 24.3 Å². The predicted molar refractivity (Wildman–Crippen MR) is 83.4 cm³/mol. The maximum atomic E-state index is 10.4. The molecule has 1 aromatic carbocycles. The van der Waals surface area contributed by atoms with Crippen molar-refractivity contribution in [2.75, 3.05) is 26.2 Å². The van der Waals surface area contributed by atoms with Crippen LogP contribution in [0.2, 0.25) is 0 Å². The van der Waals surface area contributed by atoms with Gasteiger partial charge in [-0.15, -0.1) is 0 Å². The molecule has 1 atom stereocenters. The van der Waals surface area contributed by atoms with Crippen LogP contribution < -0.4 is 4.74 Å². The Morgan fingerprint density at radius 3 is 2.81 bits per heavy atom. The van der Waals surface area contributed by atoms with Crippen molar-refractivity contribution >= 4 is 12.0 Å². The summed E-state index contributed by atoms with van der Waals surface area (Å²) in [6, 6.07) is 7.47. The maximum Gasteiger partial charge on any atom is 0.328 e. The highest BCUT2D eigenvalue weighted by Gasteiger charge is 2.20. The number of benzene rings is 1. The van der Waals surface area contributed by atoms with E-state index in [-0.39, 0.29) is 0 Å². The zero-order chi connectivity index (χ0) is 15.1. The summed E-state index contributed by atoms with van der Waals surface area (Å²) in [5, 5.41) is 8.57. The van der Waals surface area contributed by atoms with Crippen molar-refractivity contribution in [1.29, 1.82) is 0 Å². The average Bonchev–Trinajstić information content (AvgIpc) is 2.94. The molecule has 1 N–H and O–H groups in total. The molecule has 114 valence electrons. The van der Waals surface area contributed by atoms with Crippen LogP contribution in [0.4, 0.5) is 0 Å². The molecule has 0 aliphatic carbocycles. The van der Waals surface area contributed by atoms with Gasteiger partial charge in [0.2, 0.25) is 0 Å². The lowest BCUT2D eigenvalue weighted by Gasteiger charge is -2.16. The SMILES string of the molecule is CCC1CCN(CCOc2ccc(/C=C/C(=O)O)cc2)C1. The Morgan fingerprint density at radius 1 is 1.43 bits per heavy atom. The zero-order valence-electron chi connectivity index (χ0n) is 12.5. The first-order valence-corrected chi connectivity index (χ1v) is 7.53. The first-order chi connectivity index (χ1) is 10.2. The number of aliphatic carboxylic acids is 1. The highest BCUT2D eigenvalue weighted by Crippen LogP contribution is 2.19. The van der Waals surface area contributed by atoms with Crippen LogP contribution in [0.15, 0.2) is 30.3 Å². The molecule has 1 heterocycles. The molecule has 0 spiro atoms. The van der Waals surface area contributed by atoms with E-state index in [1.54, 1.807) is 6.08 Å². The monoisotopic (exact) mass is 289 g/mol. The minimum absolute atomic E-state index is 0.695. The van der Waals surface area contributed by atoms with Gasteiger partial charge in [-0.3, -0.25) is 4.90 Å². The second kappa shape index (κ2) is 7.84. The molecular weight excluding hydrogens is 266 g/mol. The van der Waals surface area contributed by atoms with E-state index >= 15 is 0 Å². The zero-order valence-corrected chi connectivity index (χ0v) is 12.5. The van der Waals surface area contributed by atoms with E-state index in [4.69, 9.17) is 9.84 Å². The van der Waals surface area contributed by atoms with Crippen LogP contribution in [0.5, 0.6) is 5.75 Å². The largest absolute Gasteiger partial charge is 0.492 e. The summed E-state index contributed by atoms with van der Waals surface area (Å²) in [5.74, 6) is 0.741. The number of nitrogens with zero attached hydrogens (tertiary/aromatic N) is 1. The Hall–Kier alpha value is -1.81. The molecule has 0 saturated carbocycles. The Kier molecular flexibility index (Phi) is 5.81. The van der Waals surface area contributed by atoms with Gasteiger partial charge >= 0.3 is 5.97 Å². The molecular formula is C17H23NO3. The molecule has 1 aliphatic heterocycles. The molecule has 0 radical (unpaired) electrons. The highest BCUT2D eigenvalue weighted by molar-refractivity contribution is 5.85. The lowest BCUT2D eigenvalue weighted by molar-refractivity contribution is -0.131. The van der Waals surface area contributed by atoms with Crippen molar-refractivity contribution in [3.63, 3.8) is 0 Å². The fourth-order valence-corrected chi connectivity index (χ4v) is 2.58. The standard InChI is InChI=1S/C17H23NO3/c1-2-14-9-10-18(13-14)11-12-21-16-6-3-15(4-7-16)5-8-17(19)20/h3-8,14H,2,9-13H2,1H3,(H,19,20)/b8-5+. The van der Waals surface area contributed by atoms with E-state index in [0.717, 1.165) is 29.9 Å². The number of carboxylic acid groups (broad SMARTS) is 1. The van der Waals surface area contributed by atoms with Crippen molar-refractivity contribution in [2.45, 2.75) is 19.8 Å². The number of carboxylic acids is 1. The molecule has 4 nitrogen and oxygen atoms in total. The molecule has 0 aromatic heterocycles. The summed E-state index contributed by atoms with van der Waals surface area (Å²) < 4.78 is 5.74. The van der Waals surface area contributed by atoms with Gasteiger partial charge in [-0.25, -0.2) is 4.79 Å². The quantitative estimate of drug-likeness (QED) is 0.784. The topological polar surface area (TPSA) is 49.8 Å². The number of likely N-dealkylation sites (tertiary alicyclic amines) is 1. The first kappa shape index (κ1) is 15.6. The Morgan fingerprint density at radius 2 is 2.19 bits per heavy atom. The summed E-state index contributed by atoms with van der Waals surface area (Å²) in [6.07, 6.45) is 5.28. The molecule has 0 bridgehead atoms. The van der Waals surface area contributed by atoms with Gasteiger partial charge in [-0.2, -0.15) is 0 Å². The van der Waals surface area contributed by atoms with Gasteiger partial charge in [0.05, 0.1) is 0 Å². The van der Waals surface area contributed by atoms with Crippen LogP contribution >= 0.6 is 0 Å². The van der Waals surface area contributed by atoms with Gasteiger partial charge in [0.15, 0.2) is 0 Å². The number of carbonyl (C=O) groups is 1. The van der Waals surface area contributed by atoms with E-state index in [0.29, 0.717) is 6.61 Å². The van der Waals surface area contributed by atoms with Crippen molar-refractivity contribution in [3.8, 4) is 5.75 Å². The molecule has 1 fully saturated rings. The van der Waals surface area contributed by atoms with Crippen LogP contribution in [0.1, 0.15) is 25.3 Å². The molecule has 1 saturated heterocycles. The third-order valence-corrected chi connectivity index (χ3v) is 3.92. The fourth-order valence-electron chi connectivity index (χ4n) is 2.58. The lowest BCUT2D eigenvalue weighted by Crippen LogP contribution is -2.26. The number of rotatable bonds is 7. The van der Waals surface area contributed by atoms with Crippen LogP contribution in [-0.2, 0) is 4.79 Å². The van der Waals surface area contributed by atoms with Gasteiger partial charge in [-0.05, 0) is 42.7 Å². The molecule has 2 rings (SSSR count). The van der Waals surface area contributed by atoms with Crippen LogP contribution in [0, 0.1) is 5.92 Å². The Bertz CT molecular complexity index is 481. The van der Waals surface area contributed by atoms with E-state index in [1.165, 1.54) is 25.9 Å². The number of ether oxygens (including phenoxy) is 1. The van der Waals surface area contributed by atoms with Crippen LogP contribution in [0.25, 0.3) is 6.08 Å². The third kappa shape index (κ3) is 5.23. The van der Waals surface area contributed by atoms with Crippen molar-refractivity contribution in [3.05, 3.63) is 35.9 Å². The molecule has 1 aliphatic rings. The van der Waals surface area contributed by atoms with Gasteiger partial charge in [0, 0.05) is 19.2 Å². The Labute approximate surface area is 126 Å². The molecule has 0 amide bonds. The number of hydrogen-bond acceptors (Lipinski definition) is 3. The van der Waals surface area contributed by atoms with Crippen molar-refractivity contribution in [2.24, 2.45) is 5.92 Å². The Balaban J connectivity index is 1.72. The van der Waals surface area contributed by atoms with Gasteiger partial charge in [0.25, 0.3) is 0 Å². The summed E-state index contributed by atoms with van der Waals surface area (Å²) in [4.78, 5) is 12.9. The average molecular weight is 289 g/mol.